The van der Waals surface area contributed by atoms with Crippen molar-refractivity contribution in [2.45, 2.75) is 46.6 Å². The zero-order chi connectivity index (χ0) is 23.1. The Labute approximate surface area is 190 Å². The van der Waals surface area contributed by atoms with Crippen LogP contribution in [0.1, 0.15) is 36.4 Å². The Morgan fingerprint density at radius 2 is 1.72 bits per heavy atom. The number of amides is 1. The lowest BCUT2D eigenvalue weighted by Gasteiger charge is -2.30. The fourth-order valence-electron chi connectivity index (χ4n) is 4.18. The number of carbonyl (C=O) groups excluding carboxylic acids is 1. The van der Waals surface area contributed by atoms with Crippen molar-refractivity contribution in [2.24, 2.45) is 0 Å². The van der Waals surface area contributed by atoms with Crippen molar-refractivity contribution in [3.8, 4) is 5.69 Å². The number of nitrogens with one attached hydrogen (secondary N) is 1. The Morgan fingerprint density at radius 1 is 1.06 bits per heavy atom. The van der Waals surface area contributed by atoms with Gasteiger partial charge in [-0.3, -0.25) is 9.69 Å². The van der Waals surface area contributed by atoms with E-state index in [0.717, 1.165) is 42.1 Å². The largest absolute Gasteiger partial charge is 0.354 e. The molecule has 1 amide bonds. The minimum Gasteiger partial charge on any atom is -0.354 e. The first-order chi connectivity index (χ1) is 15.4. The molecule has 1 atom stereocenters. The Bertz CT molecular complexity index is 1010. The minimum atomic E-state index is -0.284. The molecule has 0 aliphatic rings. The summed E-state index contributed by atoms with van der Waals surface area (Å²) >= 11 is 0. The summed E-state index contributed by atoms with van der Waals surface area (Å²) in [6, 6.07) is 16.8. The number of halogens is 1. The van der Waals surface area contributed by atoms with Crippen molar-refractivity contribution >= 4 is 5.91 Å². The highest BCUT2D eigenvalue weighted by Crippen LogP contribution is 2.19. The Morgan fingerprint density at radius 3 is 2.34 bits per heavy atom. The molecule has 6 heteroatoms. The molecule has 0 saturated carbocycles. The Balaban J connectivity index is 1.68. The van der Waals surface area contributed by atoms with Gasteiger partial charge in [-0.2, -0.15) is 5.10 Å². The van der Waals surface area contributed by atoms with Crippen LogP contribution in [0.15, 0.2) is 54.6 Å². The lowest BCUT2D eigenvalue weighted by molar-refractivity contribution is -0.120. The predicted molar refractivity (Wildman–Crippen MR) is 127 cm³/mol. The second kappa shape index (κ2) is 11.0. The third kappa shape index (κ3) is 5.82. The molecule has 5 nitrogen and oxygen atoms in total. The van der Waals surface area contributed by atoms with Gasteiger partial charge in [-0.15, -0.1) is 0 Å². The highest BCUT2D eigenvalue weighted by molar-refractivity contribution is 5.79. The zero-order valence-corrected chi connectivity index (χ0v) is 19.4. The quantitative estimate of drug-likeness (QED) is 0.517. The number of rotatable bonds is 10. The number of hydrogen-bond acceptors (Lipinski definition) is 3. The van der Waals surface area contributed by atoms with E-state index in [1.165, 1.54) is 17.7 Å². The number of aryl methyl sites for hydroxylation is 1. The van der Waals surface area contributed by atoms with Crippen molar-refractivity contribution < 1.29 is 9.18 Å². The molecule has 0 bridgehead atoms. The van der Waals surface area contributed by atoms with Gasteiger partial charge >= 0.3 is 0 Å². The van der Waals surface area contributed by atoms with Gasteiger partial charge in [0.2, 0.25) is 5.91 Å². The number of carbonyl (C=O) groups is 1. The lowest BCUT2D eigenvalue weighted by Crippen LogP contribution is -2.45. The van der Waals surface area contributed by atoms with Crippen LogP contribution in [0.25, 0.3) is 5.69 Å². The first-order valence-corrected chi connectivity index (χ1v) is 11.3. The minimum absolute atomic E-state index is 0.0138. The standard InChI is InChI=1S/C26H33FN4O/c1-5-30(6-2)24(16-21-10-8-7-9-11-21)18-28-26(32)17-25-19(3)29-31(20(25)4)23-14-12-22(27)13-15-23/h7-15,24H,5-6,16-18H2,1-4H3,(H,28,32). The highest BCUT2D eigenvalue weighted by Gasteiger charge is 2.20. The van der Waals surface area contributed by atoms with Crippen LogP contribution in [-0.4, -0.2) is 46.3 Å². The first-order valence-electron chi connectivity index (χ1n) is 11.3. The van der Waals surface area contributed by atoms with Crippen molar-refractivity contribution in [2.75, 3.05) is 19.6 Å². The molecule has 1 aromatic heterocycles. The molecule has 1 heterocycles. The van der Waals surface area contributed by atoms with Gasteiger partial charge in [0.05, 0.1) is 17.8 Å². The van der Waals surface area contributed by atoms with Crippen LogP contribution >= 0.6 is 0 Å². The molecule has 0 aliphatic carbocycles. The van der Waals surface area contributed by atoms with E-state index in [9.17, 15) is 9.18 Å². The van der Waals surface area contributed by atoms with Gasteiger partial charge < -0.3 is 5.32 Å². The number of hydrogen-bond donors (Lipinski definition) is 1. The third-order valence-corrected chi connectivity index (χ3v) is 6.03. The number of benzene rings is 2. The van der Waals surface area contributed by atoms with Crippen LogP contribution in [-0.2, 0) is 17.6 Å². The molecule has 3 aromatic rings. The van der Waals surface area contributed by atoms with Crippen molar-refractivity contribution in [1.82, 2.24) is 20.0 Å². The van der Waals surface area contributed by atoms with Gasteiger partial charge in [-0.25, -0.2) is 9.07 Å². The molecule has 1 unspecified atom stereocenters. The van der Waals surface area contributed by atoms with Gasteiger partial charge in [0.1, 0.15) is 5.82 Å². The second-order valence-electron chi connectivity index (χ2n) is 8.08. The molecular weight excluding hydrogens is 403 g/mol. The van der Waals surface area contributed by atoms with Gasteiger partial charge in [-0.1, -0.05) is 44.2 Å². The predicted octanol–water partition coefficient (Wildman–Crippen LogP) is 4.24. The van der Waals surface area contributed by atoms with E-state index in [2.05, 4.69) is 53.4 Å². The molecule has 32 heavy (non-hydrogen) atoms. The van der Waals surface area contributed by atoms with Gasteiger partial charge in [-0.05, 0) is 63.2 Å². The summed E-state index contributed by atoms with van der Waals surface area (Å²) in [6.07, 6.45) is 1.17. The molecule has 0 radical (unpaired) electrons. The van der Waals surface area contributed by atoms with Gasteiger partial charge in [0.25, 0.3) is 0 Å². The van der Waals surface area contributed by atoms with E-state index in [1.54, 1.807) is 16.8 Å². The summed E-state index contributed by atoms with van der Waals surface area (Å²) < 4.78 is 15.0. The Hall–Kier alpha value is -2.99. The van der Waals surface area contributed by atoms with E-state index in [1.807, 2.05) is 19.9 Å². The summed E-state index contributed by atoms with van der Waals surface area (Å²) in [7, 11) is 0. The summed E-state index contributed by atoms with van der Waals surface area (Å²) in [4.78, 5) is 15.2. The summed E-state index contributed by atoms with van der Waals surface area (Å²) in [5, 5.41) is 7.72. The zero-order valence-electron chi connectivity index (χ0n) is 19.4. The third-order valence-electron chi connectivity index (χ3n) is 6.03. The first kappa shape index (κ1) is 23.7. The van der Waals surface area contributed by atoms with E-state index < -0.39 is 0 Å². The molecule has 0 saturated heterocycles. The summed E-state index contributed by atoms with van der Waals surface area (Å²) in [5.41, 5.74) is 4.67. The SMILES string of the molecule is CCN(CC)C(CNC(=O)Cc1c(C)nn(-c2ccc(F)cc2)c1C)Cc1ccccc1. The van der Waals surface area contributed by atoms with Gasteiger partial charge in [0, 0.05) is 23.8 Å². The van der Waals surface area contributed by atoms with E-state index in [4.69, 9.17) is 0 Å². The highest BCUT2D eigenvalue weighted by atomic mass is 19.1. The maximum absolute atomic E-state index is 13.3. The summed E-state index contributed by atoms with van der Waals surface area (Å²) in [5.74, 6) is -0.298. The average molecular weight is 437 g/mol. The number of nitrogens with zero attached hydrogens (tertiary/aromatic N) is 3. The second-order valence-corrected chi connectivity index (χ2v) is 8.08. The van der Waals surface area contributed by atoms with E-state index >= 15 is 0 Å². The topological polar surface area (TPSA) is 50.2 Å². The maximum atomic E-state index is 13.3. The van der Waals surface area contributed by atoms with Crippen molar-refractivity contribution in [1.29, 1.82) is 0 Å². The Kier molecular flexibility index (Phi) is 8.17. The van der Waals surface area contributed by atoms with Crippen LogP contribution in [0.4, 0.5) is 4.39 Å². The molecule has 0 fully saturated rings. The summed E-state index contributed by atoms with van der Waals surface area (Å²) in [6.45, 7) is 10.6. The monoisotopic (exact) mass is 436 g/mol. The molecule has 170 valence electrons. The van der Waals surface area contributed by atoms with Crippen LogP contribution in [0.5, 0.6) is 0 Å². The molecule has 0 spiro atoms. The van der Waals surface area contributed by atoms with Crippen molar-refractivity contribution in [3.05, 3.63) is 82.9 Å². The average Bonchev–Trinajstić information content (AvgIpc) is 3.07. The fraction of sp³-hybridized carbons (Fsp3) is 0.385. The normalized spacial score (nSPS) is 12.2. The fourth-order valence-corrected chi connectivity index (χ4v) is 4.18. The maximum Gasteiger partial charge on any atom is 0.224 e. The molecular formula is C26H33FN4O. The lowest BCUT2D eigenvalue weighted by atomic mass is 10.0. The van der Waals surface area contributed by atoms with Crippen LogP contribution < -0.4 is 5.32 Å². The van der Waals surface area contributed by atoms with E-state index in [0.29, 0.717) is 6.54 Å². The van der Waals surface area contributed by atoms with Crippen LogP contribution in [0.3, 0.4) is 0 Å². The number of aromatic nitrogens is 2. The van der Waals surface area contributed by atoms with Crippen LogP contribution in [0.2, 0.25) is 0 Å². The molecule has 3 rings (SSSR count). The van der Waals surface area contributed by atoms with Crippen LogP contribution in [0, 0.1) is 19.7 Å². The smallest absolute Gasteiger partial charge is 0.224 e. The molecule has 1 N–H and O–H groups in total. The van der Waals surface area contributed by atoms with Crippen molar-refractivity contribution in [3.63, 3.8) is 0 Å². The molecule has 0 aliphatic heterocycles. The van der Waals surface area contributed by atoms with E-state index in [-0.39, 0.29) is 24.2 Å². The molecule has 2 aromatic carbocycles. The number of likely N-dealkylation sites (N-methyl/N-ethyl adjacent to an activating group) is 1. The van der Waals surface area contributed by atoms with Gasteiger partial charge in [0.15, 0.2) is 0 Å².